The van der Waals surface area contributed by atoms with Crippen LogP contribution < -0.4 is 14.2 Å². The van der Waals surface area contributed by atoms with Crippen molar-refractivity contribution in [2.45, 2.75) is 30.5 Å². The number of thioether (sulfide) groups is 1. The lowest BCUT2D eigenvalue weighted by molar-refractivity contribution is 0.174. The highest BCUT2D eigenvalue weighted by Gasteiger charge is 2.21. The third kappa shape index (κ3) is 5.14. The minimum absolute atomic E-state index is 0.197. The molecule has 3 heterocycles. The van der Waals surface area contributed by atoms with Crippen LogP contribution in [-0.2, 0) is 12.3 Å². The SMILES string of the molecule is C=CCn1c(SCc2csc(-c3ccc4c(c3)OCO4)n2)nnc1C(C)Oc1ccc(F)cc1Cl. The summed E-state index contributed by atoms with van der Waals surface area (Å²) in [6.45, 7) is 6.44. The molecule has 11 heteroatoms. The fourth-order valence-electron chi connectivity index (χ4n) is 3.50. The molecular formula is C24H20ClFN4O3S2. The van der Waals surface area contributed by atoms with E-state index in [1.807, 2.05) is 35.1 Å². The van der Waals surface area contributed by atoms with Gasteiger partial charge in [-0.1, -0.05) is 29.4 Å². The van der Waals surface area contributed by atoms with Crippen molar-refractivity contribution in [3.05, 3.63) is 76.8 Å². The average molecular weight is 531 g/mol. The van der Waals surface area contributed by atoms with Gasteiger partial charge in [-0.05, 0) is 43.3 Å². The van der Waals surface area contributed by atoms with E-state index in [1.165, 1.54) is 30.0 Å². The zero-order valence-corrected chi connectivity index (χ0v) is 21.0. The van der Waals surface area contributed by atoms with Crippen LogP contribution in [0.2, 0.25) is 5.02 Å². The second-order valence-electron chi connectivity index (χ2n) is 7.58. The van der Waals surface area contributed by atoms with Gasteiger partial charge in [0.1, 0.15) is 16.6 Å². The lowest BCUT2D eigenvalue weighted by Gasteiger charge is -2.16. The number of hydrogen-bond acceptors (Lipinski definition) is 8. The van der Waals surface area contributed by atoms with Gasteiger partial charge in [0, 0.05) is 23.2 Å². The molecule has 0 amide bonds. The molecule has 35 heavy (non-hydrogen) atoms. The van der Waals surface area contributed by atoms with E-state index < -0.39 is 11.9 Å². The Kier molecular flexibility index (Phi) is 6.94. The predicted molar refractivity (Wildman–Crippen MR) is 134 cm³/mol. The molecule has 0 radical (unpaired) electrons. The summed E-state index contributed by atoms with van der Waals surface area (Å²) in [5, 5.41) is 12.5. The number of fused-ring (bicyclic) bond motifs is 1. The summed E-state index contributed by atoms with van der Waals surface area (Å²) in [5.41, 5.74) is 1.92. The molecule has 1 unspecified atom stereocenters. The molecule has 2 aromatic carbocycles. The van der Waals surface area contributed by atoms with E-state index in [0.717, 1.165) is 32.9 Å². The first kappa shape index (κ1) is 23.7. The van der Waals surface area contributed by atoms with Gasteiger partial charge in [-0.2, -0.15) is 0 Å². The van der Waals surface area contributed by atoms with Crippen molar-refractivity contribution in [3.63, 3.8) is 0 Å². The Hall–Kier alpha value is -3.08. The number of thiazole rings is 1. The van der Waals surface area contributed by atoms with Crippen molar-refractivity contribution in [3.8, 4) is 27.8 Å². The van der Waals surface area contributed by atoms with Crippen LogP contribution >= 0.6 is 34.7 Å². The van der Waals surface area contributed by atoms with Crippen LogP contribution in [0, 0.1) is 5.82 Å². The molecule has 0 saturated heterocycles. The quantitative estimate of drug-likeness (QED) is 0.180. The Morgan fingerprint density at radius 1 is 1.26 bits per heavy atom. The fourth-order valence-corrected chi connectivity index (χ4v) is 5.48. The van der Waals surface area contributed by atoms with Crippen LogP contribution in [0.15, 0.2) is 59.6 Å². The summed E-state index contributed by atoms with van der Waals surface area (Å²) in [6, 6.07) is 9.83. The number of rotatable bonds is 9. The summed E-state index contributed by atoms with van der Waals surface area (Å²) in [4.78, 5) is 4.76. The first-order chi connectivity index (χ1) is 17.0. The summed E-state index contributed by atoms with van der Waals surface area (Å²) < 4.78 is 32.1. The molecule has 0 aliphatic carbocycles. The standard InChI is InChI=1S/C24H20ClFN4O3S2/c1-3-8-30-22(14(2)33-19-7-5-16(26)10-18(19)25)28-29-24(30)35-12-17-11-34-23(27-17)15-4-6-20-21(9-15)32-13-31-20/h3-7,9-11,14H,1,8,12-13H2,2H3. The lowest BCUT2D eigenvalue weighted by atomic mass is 10.2. The van der Waals surface area contributed by atoms with Crippen LogP contribution in [0.3, 0.4) is 0 Å². The third-order valence-corrected chi connectivity index (χ3v) is 7.37. The number of benzene rings is 2. The molecule has 0 saturated carbocycles. The van der Waals surface area contributed by atoms with Gasteiger partial charge in [0.15, 0.2) is 28.6 Å². The van der Waals surface area contributed by atoms with Crippen LogP contribution in [0.4, 0.5) is 4.39 Å². The number of halogens is 2. The molecule has 180 valence electrons. The van der Waals surface area contributed by atoms with E-state index in [1.54, 1.807) is 17.4 Å². The number of hydrogen-bond donors (Lipinski definition) is 0. The van der Waals surface area contributed by atoms with E-state index in [0.29, 0.717) is 23.9 Å². The molecule has 0 fully saturated rings. The summed E-state index contributed by atoms with van der Waals surface area (Å²) in [7, 11) is 0. The Morgan fingerprint density at radius 3 is 2.94 bits per heavy atom. The normalized spacial score (nSPS) is 13.1. The molecule has 0 bridgehead atoms. The Bertz CT molecular complexity index is 1380. The number of ether oxygens (including phenoxy) is 3. The average Bonchev–Trinajstić information content (AvgIpc) is 3.59. The molecule has 1 atom stereocenters. The first-order valence-corrected chi connectivity index (χ1v) is 12.9. The third-order valence-electron chi connectivity index (χ3n) is 5.14. The predicted octanol–water partition coefficient (Wildman–Crippen LogP) is 6.54. The van der Waals surface area contributed by atoms with Gasteiger partial charge in [0.25, 0.3) is 0 Å². The number of nitrogens with zero attached hydrogens (tertiary/aromatic N) is 4. The van der Waals surface area contributed by atoms with Crippen molar-refractivity contribution in [1.82, 2.24) is 19.7 Å². The van der Waals surface area contributed by atoms with Gasteiger partial charge in [-0.3, -0.25) is 4.57 Å². The summed E-state index contributed by atoms with van der Waals surface area (Å²) >= 11 is 9.21. The van der Waals surface area contributed by atoms with E-state index >= 15 is 0 Å². The fraction of sp³-hybridized carbons (Fsp3) is 0.208. The molecule has 4 aromatic rings. The van der Waals surface area contributed by atoms with E-state index in [9.17, 15) is 4.39 Å². The van der Waals surface area contributed by atoms with Crippen LogP contribution in [-0.4, -0.2) is 26.5 Å². The Balaban J connectivity index is 1.29. The molecule has 0 spiro atoms. The topological polar surface area (TPSA) is 71.3 Å². The highest BCUT2D eigenvalue weighted by atomic mass is 35.5. The summed E-state index contributed by atoms with van der Waals surface area (Å²) in [6.07, 6.45) is 1.31. The highest BCUT2D eigenvalue weighted by molar-refractivity contribution is 7.98. The van der Waals surface area contributed by atoms with Gasteiger partial charge < -0.3 is 14.2 Å². The summed E-state index contributed by atoms with van der Waals surface area (Å²) in [5.74, 6) is 2.67. The van der Waals surface area contributed by atoms with Gasteiger partial charge in [-0.15, -0.1) is 28.1 Å². The van der Waals surface area contributed by atoms with E-state index in [4.69, 9.17) is 30.8 Å². The molecule has 1 aliphatic heterocycles. The molecule has 2 aromatic heterocycles. The van der Waals surface area contributed by atoms with Crippen molar-refractivity contribution >= 4 is 34.7 Å². The molecule has 7 nitrogen and oxygen atoms in total. The van der Waals surface area contributed by atoms with Crippen molar-refractivity contribution in [1.29, 1.82) is 0 Å². The maximum Gasteiger partial charge on any atom is 0.231 e. The number of aromatic nitrogens is 4. The maximum absolute atomic E-state index is 13.4. The largest absolute Gasteiger partial charge is 0.481 e. The van der Waals surface area contributed by atoms with Gasteiger partial charge >= 0.3 is 0 Å². The molecule has 1 aliphatic rings. The second kappa shape index (κ2) is 10.3. The molecule has 5 rings (SSSR count). The first-order valence-electron chi connectivity index (χ1n) is 10.6. The van der Waals surface area contributed by atoms with E-state index in [2.05, 4.69) is 16.8 Å². The zero-order chi connectivity index (χ0) is 24.4. The lowest BCUT2D eigenvalue weighted by Crippen LogP contribution is -2.12. The zero-order valence-electron chi connectivity index (χ0n) is 18.6. The molecular weight excluding hydrogens is 511 g/mol. The molecule has 0 N–H and O–H groups in total. The highest BCUT2D eigenvalue weighted by Crippen LogP contribution is 2.37. The van der Waals surface area contributed by atoms with E-state index in [-0.39, 0.29) is 11.8 Å². The second-order valence-corrected chi connectivity index (χ2v) is 9.78. The Morgan fingerprint density at radius 2 is 2.11 bits per heavy atom. The smallest absolute Gasteiger partial charge is 0.231 e. The number of allylic oxidation sites excluding steroid dienone is 1. The van der Waals surface area contributed by atoms with Crippen LogP contribution in [0.5, 0.6) is 17.2 Å². The van der Waals surface area contributed by atoms with Crippen molar-refractivity contribution in [2.24, 2.45) is 0 Å². The van der Waals surface area contributed by atoms with Crippen LogP contribution in [0.1, 0.15) is 24.5 Å². The van der Waals surface area contributed by atoms with Gasteiger partial charge in [-0.25, -0.2) is 9.37 Å². The monoisotopic (exact) mass is 530 g/mol. The maximum atomic E-state index is 13.4. The Labute approximate surface area is 214 Å². The van der Waals surface area contributed by atoms with Gasteiger partial charge in [0.2, 0.25) is 6.79 Å². The van der Waals surface area contributed by atoms with Crippen LogP contribution in [0.25, 0.3) is 10.6 Å². The van der Waals surface area contributed by atoms with Crippen molar-refractivity contribution in [2.75, 3.05) is 6.79 Å². The van der Waals surface area contributed by atoms with Gasteiger partial charge in [0.05, 0.1) is 10.7 Å². The minimum atomic E-state index is -0.461. The van der Waals surface area contributed by atoms with Crippen molar-refractivity contribution < 1.29 is 18.6 Å². The minimum Gasteiger partial charge on any atom is -0.481 e.